The van der Waals surface area contributed by atoms with Gasteiger partial charge in [0.15, 0.2) is 0 Å². The highest BCUT2D eigenvalue weighted by Gasteiger charge is 2.36. The summed E-state index contributed by atoms with van der Waals surface area (Å²) in [6.45, 7) is -26.3. The summed E-state index contributed by atoms with van der Waals surface area (Å²) in [5.74, 6) is -18.6. The van der Waals surface area contributed by atoms with Crippen molar-refractivity contribution in [3.8, 4) is 0 Å². The molecule has 3 N–H and O–H groups in total. The zero-order chi connectivity index (χ0) is 90.3. The number of nitrogens with zero attached hydrogens (tertiary/aromatic N) is 15. The first-order chi connectivity index (χ1) is 51.6. The van der Waals surface area contributed by atoms with Crippen LogP contribution in [0.25, 0.3) is 47.6 Å². The van der Waals surface area contributed by atoms with E-state index in [2.05, 4.69) is 59.4 Å². The fourth-order valence-corrected chi connectivity index (χ4v) is 6.46. The molecular formula is C51H66N18O3. The lowest BCUT2D eigenvalue weighted by Gasteiger charge is -2.41. The van der Waals surface area contributed by atoms with Crippen LogP contribution >= 0.6 is 0 Å². The molecule has 72 heavy (non-hydrogen) atoms. The Kier molecular flexibility index (Phi) is 6.25. The molecule has 378 valence electrons. The lowest BCUT2D eigenvalue weighted by molar-refractivity contribution is -0.131. The van der Waals surface area contributed by atoms with Crippen molar-refractivity contribution < 1.29 is 74.7 Å². The molecular weight excluding hydrogens is 913 g/mol. The molecule has 3 amide bonds. The Labute approximate surface area is 482 Å². The van der Waals surface area contributed by atoms with Gasteiger partial charge in [0.05, 0.1) is 46.6 Å². The van der Waals surface area contributed by atoms with E-state index in [9.17, 15) is 14.4 Å². The summed E-state index contributed by atoms with van der Waals surface area (Å²) in [6, 6.07) is -9.57. The maximum Gasteiger partial charge on any atom is 0.302 e. The topological polar surface area (TPSA) is 208 Å². The minimum Gasteiger partial charge on any atom is -0.354 e. The maximum atomic E-state index is 13.1. The molecule has 9 heterocycles. The monoisotopic (exact) mass is 1020 g/mol. The predicted octanol–water partition coefficient (Wildman–Crippen LogP) is 5.58. The molecule has 9 rings (SSSR count). The molecule has 0 bridgehead atoms. The Bertz CT molecular complexity index is 5000. The van der Waals surface area contributed by atoms with Crippen molar-refractivity contribution in [2.45, 2.75) is 78.6 Å². The van der Waals surface area contributed by atoms with Gasteiger partial charge in [0.25, 0.3) is 19.5 Å². The van der Waals surface area contributed by atoms with Crippen molar-refractivity contribution in [1.29, 1.82) is 0 Å². The SMILES string of the molecule is [2H]c1c(C)[nH]c2ncnc(N([C@@H]3[C@H](C([2H])([2H])[2H])C([2H])([2H])C([2H])([2H])N(C(=O)C([2H])([2H])[N+]#[C-])C3([2H])[2H])C([2H])([2H])[2H])c12.[2H]c1c(C)[nH]c2ncnc(N([C@H]3C([2H])([2H])N(C(=O)C([2H])([2H])[N+]#[C-])C([2H])([2H])C([2H])([2H])[C@@]3([2H])C([2H])([2H])[2H])C([2H])([2H])[2H])c12.[2H]c1c(C)[nH]c2ncnc(N([C@H]3C([2H])([2H])N(C(=O)C([2H])([2H])[N+]#[C-])C([2H])([2H])C([2H])([2H])[C@@]3([2H])C)C([2H])([2H])[2H])c12. The minimum atomic E-state index is -4.15. The summed E-state index contributed by atoms with van der Waals surface area (Å²) in [5.41, 5.74) is 0.226. The largest absolute Gasteiger partial charge is 0.354 e. The van der Waals surface area contributed by atoms with Crippen LogP contribution in [-0.4, -0.2) is 175 Å². The van der Waals surface area contributed by atoms with Gasteiger partial charge >= 0.3 is 17.7 Å². The van der Waals surface area contributed by atoms with Crippen LogP contribution < -0.4 is 14.7 Å². The molecule has 6 aromatic rings. The van der Waals surface area contributed by atoms with E-state index in [4.69, 9.17) is 80.0 Å². The van der Waals surface area contributed by atoms with Gasteiger partial charge < -0.3 is 58.9 Å². The molecule has 3 fully saturated rings. The molecule has 0 aromatic carbocycles. The van der Waals surface area contributed by atoms with Crippen molar-refractivity contribution in [2.24, 2.45) is 17.7 Å². The van der Waals surface area contributed by atoms with Gasteiger partial charge in [0, 0.05) is 117 Å². The first-order valence-corrected chi connectivity index (χ1v) is 20.1. The third-order valence-corrected chi connectivity index (χ3v) is 9.64. The fraction of sp³-hybridized carbons (Fsp3) is 0.529. The number of rotatable bonds is 9. The summed E-state index contributed by atoms with van der Waals surface area (Å²) >= 11 is 0. The zero-order valence-corrected chi connectivity index (χ0v) is 37.5. The number of fused-ring (bicyclic) bond motifs is 3. The van der Waals surface area contributed by atoms with E-state index in [1.165, 1.54) is 20.8 Å². The Morgan fingerprint density at radius 1 is 0.625 bits per heavy atom. The quantitative estimate of drug-likeness (QED) is 0.152. The summed E-state index contributed by atoms with van der Waals surface area (Å²) in [4.78, 5) is 76.2. The van der Waals surface area contributed by atoms with Gasteiger partial charge in [0.2, 0.25) is 0 Å². The van der Waals surface area contributed by atoms with Gasteiger partial charge in [-0.25, -0.2) is 49.6 Å². The number of H-pyrrole nitrogens is 3. The summed E-state index contributed by atoms with van der Waals surface area (Å²) in [5, 5.41) is -0.927. The molecule has 0 unspecified atom stereocenters. The number of hydrogen-bond acceptors (Lipinski definition) is 12. The molecule has 21 heteroatoms. The predicted molar refractivity (Wildman–Crippen MR) is 278 cm³/mol. The van der Waals surface area contributed by atoms with Crippen molar-refractivity contribution >= 4 is 68.3 Å². The normalized spacial score (nSPS) is 39.7. The highest BCUT2D eigenvalue weighted by Crippen LogP contribution is 2.32. The number of anilines is 3. The number of piperidine rings is 3. The average molecular weight is 1020 g/mol. The highest BCUT2D eigenvalue weighted by atomic mass is 16.2. The molecule has 6 atom stereocenters. The van der Waals surface area contributed by atoms with Crippen molar-refractivity contribution in [2.75, 3.05) is 94.1 Å². The Balaban J connectivity index is 0.000000241. The smallest absolute Gasteiger partial charge is 0.302 e. The summed E-state index contributed by atoms with van der Waals surface area (Å²) in [6.07, 6.45) is -8.96. The van der Waals surface area contributed by atoms with Crippen LogP contribution in [0.1, 0.15) is 117 Å². The fourth-order valence-electron chi connectivity index (χ4n) is 6.46. The van der Waals surface area contributed by atoms with E-state index in [0.717, 1.165) is 25.9 Å². The molecule has 0 radical (unpaired) electrons. The van der Waals surface area contributed by atoms with Crippen LogP contribution in [0.3, 0.4) is 0 Å². The van der Waals surface area contributed by atoms with Crippen LogP contribution in [-0.2, 0) is 14.4 Å². The van der Waals surface area contributed by atoms with Crippen molar-refractivity contribution in [3.05, 3.63) is 88.4 Å². The number of carbonyl (C=O) groups is 3. The molecule has 3 aliphatic heterocycles. The molecule has 0 aliphatic carbocycles. The maximum absolute atomic E-state index is 13.1. The number of aromatic amines is 3. The molecule has 3 aliphatic rings. The summed E-state index contributed by atoms with van der Waals surface area (Å²) < 4.78 is 364. The molecule has 0 spiro atoms. The number of nitrogens with one attached hydrogen (secondary N) is 3. The highest BCUT2D eigenvalue weighted by molar-refractivity contribution is 5.90. The lowest BCUT2D eigenvalue weighted by atomic mass is 9.92. The molecule has 6 aromatic heterocycles. The van der Waals surface area contributed by atoms with E-state index in [-0.39, 0.29) is 71.6 Å². The molecule has 0 saturated carbocycles. The first kappa shape index (κ1) is 19.6. The van der Waals surface area contributed by atoms with Crippen molar-refractivity contribution in [3.63, 3.8) is 0 Å². The number of aromatic nitrogens is 9. The lowest BCUT2D eigenvalue weighted by Crippen LogP contribution is -2.53. The van der Waals surface area contributed by atoms with Gasteiger partial charge in [-0.05, 0) is 75.7 Å². The molecule has 3 saturated heterocycles. The van der Waals surface area contributed by atoms with Gasteiger partial charge in [-0.3, -0.25) is 14.4 Å². The van der Waals surface area contributed by atoms with E-state index in [0.29, 0.717) is 0 Å². The van der Waals surface area contributed by atoms with Gasteiger partial charge in [-0.1, -0.05) is 20.6 Å². The van der Waals surface area contributed by atoms with Crippen LogP contribution in [0.2, 0.25) is 0 Å². The number of carbonyl (C=O) groups excluding carboxylic acids is 3. The van der Waals surface area contributed by atoms with Crippen LogP contribution in [0, 0.1) is 58.2 Å². The Hall–Kier alpha value is -7.86. The van der Waals surface area contributed by atoms with Crippen LogP contribution in [0.4, 0.5) is 17.5 Å². The minimum absolute atomic E-state index is 0.0274. The van der Waals surface area contributed by atoms with Crippen LogP contribution in [0.15, 0.2) is 37.1 Å². The van der Waals surface area contributed by atoms with Gasteiger partial charge in [-0.15, -0.1) is 0 Å². The number of likely N-dealkylation sites (tertiary alicyclic amines) is 3. The first-order valence-electron chi connectivity index (χ1n) is 42.1. The second-order valence-electron chi connectivity index (χ2n) is 14.5. The third kappa shape index (κ3) is 11.5. The van der Waals surface area contributed by atoms with E-state index >= 15 is 0 Å². The van der Waals surface area contributed by atoms with Gasteiger partial charge in [0.1, 0.15) is 61.6 Å². The van der Waals surface area contributed by atoms with Crippen molar-refractivity contribution in [1.82, 2.24) is 59.6 Å². The number of aryl methyl sites for hydroxylation is 3. The van der Waals surface area contributed by atoms with Crippen LogP contribution in [0.5, 0.6) is 0 Å². The second kappa shape index (κ2) is 22.9. The van der Waals surface area contributed by atoms with E-state index in [1.807, 2.05) is 0 Å². The van der Waals surface area contributed by atoms with E-state index < -0.39 is 209 Å². The van der Waals surface area contributed by atoms with E-state index in [1.54, 1.807) is 0 Å². The Morgan fingerprint density at radius 2 is 0.986 bits per heavy atom. The second-order valence-corrected chi connectivity index (χ2v) is 14.5. The van der Waals surface area contributed by atoms with Gasteiger partial charge in [-0.2, -0.15) is 0 Å². The average Bonchev–Trinajstić information content (AvgIpc) is 0.710. The standard InChI is InChI=1S/3C17H22N6O/c3*1-11-5-6-23(15(24)8-18-3)9-14(11)22(4)17-13-7-12(2)21-16(13)19-10-20-17/h3*7,10-11,14H,5-6,8-9H2,1-2,4H3,(H,19,20,21)/t3*11-,14+/m111/s1/i1D3,4D3,5D2,6D2,7D,8D2,9D2,11D;4D3,5D2,6D2,7D,8D2,9D2,11D;1D3,4D3,5D2,6D2,7D,8D2,9D2. The zero-order valence-electron chi connectivity index (χ0n) is 81.5. The number of hydrogen-bond donors (Lipinski definition) is 3. The number of amides is 3. The third-order valence-electron chi connectivity index (χ3n) is 9.64. The molecule has 21 nitrogen and oxygen atoms in total. The Morgan fingerprint density at radius 3 is 1.36 bits per heavy atom. The number of likely N-dealkylation sites (N-methyl/N-ethyl adjacent to an activating group) is 3. The summed E-state index contributed by atoms with van der Waals surface area (Å²) in [7, 11) is 0.